The standard InChI is InChI=1S/C16H19NO2/c1-19-16(18)15(10-12-4-2-3-5-12)14-8-6-13(11-17)7-9-14/h6-9,12,15H,2-5,10H2,1H3/t15-/m0/s1. The first kappa shape index (κ1) is 13.6. The molecule has 0 saturated heterocycles. The van der Waals surface area contributed by atoms with Crippen molar-refractivity contribution in [2.75, 3.05) is 7.11 Å². The van der Waals surface area contributed by atoms with Crippen LogP contribution >= 0.6 is 0 Å². The monoisotopic (exact) mass is 257 g/mol. The van der Waals surface area contributed by atoms with Crippen molar-refractivity contribution in [3.63, 3.8) is 0 Å². The van der Waals surface area contributed by atoms with Crippen molar-refractivity contribution in [2.24, 2.45) is 5.92 Å². The Morgan fingerprint density at radius 1 is 1.37 bits per heavy atom. The Hall–Kier alpha value is -1.82. The van der Waals surface area contributed by atoms with E-state index < -0.39 is 0 Å². The molecule has 3 nitrogen and oxygen atoms in total. The zero-order valence-electron chi connectivity index (χ0n) is 11.3. The van der Waals surface area contributed by atoms with Crippen molar-refractivity contribution < 1.29 is 9.53 Å². The summed E-state index contributed by atoms with van der Waals surface area (Å²) in [6.45, 7) is 0. The van der Waals surface area contributed by atoms with Gasteiger partial charge < -0.3 is 4.74 Å². The molecule has 0 N–H and O–H groups in total. The Bertz CT molecular complexity index is 467. The van der Waals surface area contributed by atoms with E-state index in [2.05, 4.69) is 6.07 Å². The van der Waals surface area contributed by atoms with Crippen LogP contribution in [0.25, 0.3) is 0 Å². The van der Waals surface area contributed by atoms with E-state index in [4.69, 9.17) is 10.00 Å². The molecule has 1 aromatic carbocycles. The molecule has 0 heterocycles. The van der Waals surface area contributed by atoms with Crippen molar-refractivity contribution in [1.29, 1.82) is 5.26 Å². The predicted octanol–water partition coefficient (Wildman–Crippen LogP) is 3.40. The number of methoxy groups -OCH3 is 1. The van der Waals surface area contributed by atoms with Crippen molar-refractivity contribution in [1.82, 2.24) is 0 Å². The fourth-order valence-corrected chi connectivity index (χ4v) is 2.88. The molecule has 1 aliphatic carbocycles. The molecular weight excluding hydrogens is 238 g/mol. The number of rotatable bonds is 4. The Labute approximate surface area is 114 Å². The Kier molecular flexibility index (Phi) is 4.57. The first-order valence-corrected chi connectivity index (χ1v) is 6.82. The maximum atomic E-state index is 12.0. The number of carbonyl (C=O) groups excluding carboxylic acids is 1. The molecule has 1 fully saturated rings. The summed E-state index contributed by atoms with van der Waals surface area (Å²) in [5.41, 5.74) is 1.57. The van der Waals surface area contributed by atoms with Crippen LogP contribution in [0, 0.1) is 17.2 Å². The zero-order chi connectivity index (χ0) is 13.7. The molecule has 19 heavy (non-hydrogen) atoms. The molecule has 0 aliphatic heterocycles. The van der Waals surface area contributed by atoms with Crippen LogP contribution < -0.4 is 0 Å². The van der Waals surface area contributed by atoms with Gasteiger partial charge >= 0.3 is 5.97 Å². The summed E-state index contributed by atoms with van der Waals surface area (Å²) >= 11 is 0. The van der Waals surface area contributed by atoms with Gasteiger partial charge in [-0.3, -0.25) is 4.79 Å². The Morgan fingerprint density at radius 3 is 2.53 bits per heavy atom. The summed E-state index contributed by atoms with van der Waals surface area (Å²) in [4.78, 5) is 12.0. The quantitative estimate of drug-likeness (QED) is 0.777. The summed E-state index contributed by atoms with van der Waals surface area (Å²) in [5, 5.41) is 8.81. The molecule has 1 saturated carbocycles. The van der Waals surface area contributed by atoms with E-state index in [1.165, 1.54) is 32.8 Å². The number of esters is 1. The predicted molar refractivity (Wildman–Crippen MR) is 72.5 cm³/mol. The topological polar surface area (TPSA) is 50.1 Å². The maximum absolute atomic E-state index is 12.0. The van der Waals surface area contributed by atoms with Gasteiger partial charge in [0.25, 0.3) is 0 Å². The number of hydrogen-bond donors (Lipinski definition) is 0. The fourth-order valence-electron chi connectivity index (χ4n) is 2.88. The van der Waals surface area contributed by atoms with Gasteiger partial charge in [-0.1, -0.05) is 37.8 Å². The van der Waals surface area contributed by atoms with Crippen LogP contribution in [0.3, 0.4) is 0 Å². The number of nitrogens with zero attached hydrogens (tertiary/aromatic N) is 1. The molecule has 2 rings (SSSR count). The second-order valence-corrected chi connectivity index (χ2v) is 5.20. The number of ether oxygens (including phenoxy) is 1. The average Bonchev–Trinajstić information content (AvgIpc) is 2.97. The molecular formula is C16H19NO2. The van der Waals surface area contributed by atoms with Crippen molar-refractivity contribution in [2.45, 2.75) is 38.0 Å². The minimum Gasteiger partial charge on any atom is -0.469 e. The van der Waals surface area contributed by atoms with Crippen LogP contribution in [-0.2, 0) is 9.53 Å². The molecule has 0 bridgehead atoms. The Morgan fingerprint density at radius 2 is 2.00 bits per heavy atom. The van der Waals surface area contributed by atoms with Crippen molar-refractivity contribution in [3.05, 3.63) is 35.4 Å². The normalized spacial score (nSPS) is 16.8. The van der Waals surface area contributed by atoms with Crippen LogP contribution in [0.15, 0.2) is 24.3 Å². The molecule has 1 atom stereocenters. The highest BCUT2D eigenvalue weighted by molar-refractivity contribution is 5.78. The lowest BCUT2D eigenvalue weighted by molar-refractivity contribution is -0.142. The van der Waals surface area contributed by atoms with Crippen LogP contribution in [0.2, 0.25) is 0 Å². The molecule has 100 valence electrons. The number of nitriles is 1. The third kappa shape index (κ3) is 3.35. The van der Waals surface area contributed by atoms with Crippen molar-refractivity contribution >= 4 is 5.97 Å². The first-order valence-electron chi connectivity index (χ1n) is 6.82. The van der Waals surface area contributed by atoms with Crippen LogP contribution in [0.5, 0.6) is 0 Å². The van der Waals surface area contributed by atoms with E-state index in [0.717, 1.165) is 12.0 Å². The third-order valence-corrected chi connectivity index (χ3v) is 3.97. The van der Waals surface area contributed by atoms with Gasteiger partial charge in [0.05, 0.1) is 24.7 Å². The van der Waals surface area contributed by atoms with Crippen LogP contribution in [-0.4, -0.2) is 13.1 Å². The molecule has 1 aliphatic rings. The molecule has 3 heteroatoms. The molecule has 0 spiro atoms. The largest absolute Gasteiger partial charge is 0.469 e. The molecule has 1 aromatic rings. The lowest BCUT2D eigenvalue weighted by atomic mass is 9.87. The summed E-state index contributed by atoms with van der Waals surface area (Å²) in [5.74, 6) is 0.261. The van der Waals surface area contributed by atoms with Gasteiger partial charge in [-0.15, -0.1) is 0 Å². The second kappa shape index (κ2) is 6.38. The molecule has 0 radical (unpaired) electrons. The van der Waals surface area contributed by atoms with Crippen molar-refractivity contribution in [3.8, 4) is 6.07 Å². The van der Waals surface area contributed by atoms with E-state index in [9.17, 15) is 4.79 Å². The van der Waals surface area contributed by atoms with Gasteiger partial charge in [0, 0.05) is 0 Å². The van der Waals surface area contributed by atoms with Crippen LogP contribution in [0.4, 0.5) is 0 Å². The van der Waals surface area contributed by atoms with E-state index in [1.807, 2.05) is 12.1 Å². The lowest BCUT2D eigenvalue weighted by Gasteiger charge is -2.18. The summed E-state index contributed by atoms with van der Waals surface area (Å²) in [6.07, 6.45) is 5.82. The fraction of sp³-hybridized carbons (Fsp3) is 0.500. The van der Waals surface area contributed by atoms with Gasteiger partial charge in [0.2, 0.25) is 0 Å². The van der Waals surface area contributed by atoms with Gasteiger partial charge in [-0.2, -0.15) is 5.26 Å². The van der Waals surface area contributed by atoms with E-state index >= 15 is 0 Å². The number of hydrogen-bond acceptors (Lipinski definition) is 3. The minimum absolute atomic E-state index is 0.170. The number of carbonyl (C=O) groups is 1. The zero-order valence-corrected chi connectivity index (χ0v) is 11.3. The smallest absolute Gasteiger partial charge is 0.313 e. The SMILES string of the molecule is COC(=O)[C@@H](CC1CCCC1)c1ccc(C#N)cc1. The number of benzene rings is 1. The highest BCUT2D eigenvalue weighted by atomic mass is 16.5. The molecule has 0 unspecified atom stereocenters. The van der Waals surface area contributed by atoms with E-state index in [-0.39, 0.29) is 11.9 Å². The van der Waals surface area contributed by atoms with E-state index in [1.54, 1.807) is 12.1 Å². The maximum Gasteiger partial charge on any atom is 0.313 e. The lowest BCUT2D eigenvalue weighted by Crippen LogP contribution is -2.17. The first-order chi connectivity index (χ1) is 9.24. The van der Waals surface area contributed by atoms with Gasteiger partial charge in [-0.25, -0.2) is 0 Å². The summed E-state index contributed by atoms with van der Waals surface area (Å²) < 4.78 is 4.93. The highest BCUT2D eigenvalue weighted by Crippen LogP contribution is 2.34. The summed E-state index contributed by atoms with van der Waals surface area (Å²) in [6, 6.07) is 9.36. The molecule has 0 amide bonds. The minimum atomic E-state index is -0.194. The highest BCUT2D eigenvalue weighted by Gasteiger charge is 2.27. The summed E-state index contributed by atoms with van der Waals surface area (Å²) in [7, 11) is 1.44. The van der Waals surface area contributed by atoms with Crippen LogP contribution in [0.1, 0.15) is 49.1 Å². The third-order valence-electron chi connectivity index (χ3n) is 3.97. The average molecular weight is 257 g/mol. The van der Waals surface area contributed by atoms with Gasteiger partial charge in [0.1, 0.15) is 0 Å². The second-order valence-electron chi connectivity index (χ2n) is 5.20. The molecule has 0 aromatic heterocycles. The van der Waals surface area contributed by atoms with E-state index in [0.29, 0.717) is 11.5 Å². The van der Waals surface area contributed by atoms with Gasteiger partial charge in [0.15, 0.2) is 0 Å². The van der Waals surface area contributed by atoms with Gasteiger partial charge in [-0.05, 0) is 30.0 Å². The Balaban J connectivity index is 2.15.